The second-order valence-corrected chi connectivity index (χ2v) is 8.23. The largest absolute Gasteiger partial charge is 0.381 e. The molecule has 0 aliphatic carbocycles. The summed E-state index contributed by atoms with van der Waals surface area (Å²) in [7, 11) is 2.18. The van der Waals surface area contributed by atoms with Gasteiger partial charge < -0.3 is 19.9 Å². The van der Waals surface area contributed by atoms with E-state index >= 15 is 0 Å². The van der Waals surface area contributed by atoms with Crippen molar-refractivity contribution in [2.24, 2.45) is 16.8 Å². The molecule has 5 heteroatoms. The summed E-state index contributed by atoms with van der Waals surface area (Å²) < 4.78 is 5.46. The zero-order chi connectivity index (χ0) is 18.6. The minimum atomic E-state index is 0.821. The third-order valence-electron chi connectivity index (χ3n) is 5.93. The summed E-state index contributed by atoms with van der Waals surface area (Å²) in [6, 6.07) is 0. The number of unbranched alkanes of at least 4 members (excludes halogenated alkanes) is 1. The van der Waals surface area contributed by atoms with Gasteiger partial charge in [-0.25, -0.2) is 0 Å². The second kappa shape index (κ2) is 12.6. The van der Waals surface area contributed by atoms with Gasteiger partial charge in [0.25, 0.3) is 0 Å². The third-order valence-corrected chi connectivity index (χ3v) is 5.93. The molecule has 26 heavy (non-hydrogen) atoms. The van der Waals surface area contributed by atoms with E-state index in [-0.39, 0.29) is 0 Å². The lowest BCUT2D eigenvalue weighted by Crippen LogP contribution is -2.40. The van der Waals surface area contributed by atoms with E-state index in [1.165, 1.54) is 64.6 Å². The zero-order valence-corrected chi connectivity index (χ0v) is 17.5. The fourth-order valence-electron chi connectivity index (χ4n) is 3.90. The first-order valence-electron chi connectivity index (χ1n) is 11.0. The van der Waals surface area contributed by atoms with Gasteiger partial charge in [0.15, 0.2) is 5.96 Å². The number of guanidine groups is 1. The van der Waals surface area contributed by atoms with E-state index in [4.69, 9.17) is 9.73 Å². The van der Waals surface area contributed by atoms with Crippen LogP contribution in [0.3, 0.4) is 0 Å². The van der Waals surface area contributed by atoms with E-state index < -0.39 is 0 Å². The van der Waals surface area contributed by atoms with Crippen molar-refractivity contribution in [1.29, 1.82) is 0 Å². The van der Waals surface area contributed by atoms with E-state index in [9.17, 15) is 0 Å². The van der Waals surface area contributed by atoms with Crippen molar-refractivity contribution in [3.05, 3.63) is 0 Å². The van der Waals surface area contributed by atoms with E-state index in [0.29, 0.717) is 0 Å². The molecule has 5 nitrogen and oxygen atoms in total. The molecule has 0 aromatic carbocycles. The summed E-state index contributed by atoms with van der Waals surface area (Å²) in [4.78, 5) is 9.80. The first-order chi connectivity index (χ1) is 12.7. The molecule has 0 aromatic heterocycles. The number of ether oxygens (including phenoxy) is 1. The number of hydrogen-bond donors (Lipinski definition) is 1. The average molecular weight is 367 g/mol. The molecule has 2 saturated heterocycles. The van der Waals surface area contributed by atoms with Crippen molar-refractivity contribution in [2.45, 2.75) is 58.8 Å². The maximum atomic E-state index is 5.46. The molecule has 2 aliphatic rings. The van der Waals surface area contributed by atoms with Gasteiger partial charge in [-0.15, -0.1) is 0 Å². The van der Waals surface area contributed by atoms with E-state index in [0.717, 1.165) is 50.6 Å². The topological polar surface area (TPSA) is 40.1 Å². The molecule has 0 amide bonds. The highest BCUT2D eigenvalue weighted by Gasteiger charge is 2.16. The van der Waals surface area contributed by atoms with Gasteiger partial charge >= 0.3 is 0 Å². The SMILES string of the molecule is CCNC(=NCCCCN1CCC(C)CC1)N(C)CCC1CCOCC1. The molecule has 0 aromatic rings. The minimum Gasteiger partial charge on any atom is -0.381 e. The molecule has 2 aliphatic heterocycles. The van der Waals surface area contributed by atoms with E-state index in [2.05, 4.69) is 36.0 Å². The highest BCUT2D eigenvalue weighted by molar-refractivity contribution is 5.79. The highest BCUT2D eigenvalue weighted by atomic mass is 16.5. The van der Waals surface area contributed by atoms with Crippen molar-refractivity contribution >= 4 is 5.96 Å². The Balaban J connectivity index is 1.62. The van der Waals surface area contributed by atoms with Gasteiger partial charge in [0.05, 0.1) is 0 Å². The van der Waals surface area contributed by atoms with Crippen molar-refractivity contribution in [1.82, 2.24) is 15.1 Å². The molecule has 1 N–H and O–H groups in total. The highest BCUT2D eigenvalue weighted by Crippen LogP contribution is 2.18. The summed E-state index contributed by atoms with van der Waals surface area (Å²) >= 11 is 0. The van der Waals surface area contributed by atoms with Crippen LogP contribution in [0, 0.1) is 11.8 Å². The third kappa shape index (κ3) is 8.26. The van der Waals surface area contributed by atoms with Gasteiger partial charge in [-0.2, -0.15) is 0 Å². The van der Waals surface area contributed by atoms with Crippen LogP contribution in [0.25, 0.3) is 0 Å². The van der Waals surface area contributed by atoms with Gasteiger partial charge in [-0.05, 0) is 83.3 Å². The Kier molecular flexibility index (Phi) is 10.4. The number of likely N-dealkylation sites (tertiary alicyclic amines) is 1. The first kappa shape index (κ1) is 21.5. The minimum absolute atomic E-state index is 0.821. The molecule has 152 valence electrons. The first-order valence-corrected chi connectivity index (χ1v) is 11.0. The smallest absolute Gasteiger partial charge is 0.193 e. The predicted molar refractivity (Wildman–Crippen MR) is 111 cm³/mol. The lowest BCUT2D eigenvalue weighted by molar-refractivity contribution is 0.0625. The summed E-state index contributed by atoms with van der Waals surface area (Å²) in [5.74, 6) is 2.82. The van der Waals surface area contributed by atoms with Gasteiger partial charge in [0, 0.05) is 39.9 Å². The van der Waals surface area contributed by atoms with Crippen LogP contribution in [-0.4, -0.2) is 75.3 Å². The Hall–Kier alpha value is -0.810. The van der Waals surface area contributed by atoms with Crippen molar-refractivity contribution in [3.63, 3.8) is 0 Å². The van der Waals surface area contributed by atoms with Crippen molar-refractivity contribution in [3.8, 4) is 0 Å². The van der Waals surface area contributed by atoms with E-state index in [1.54, 1.807) is 0 Å². The Morgan fingerprint density at radius 1 is 1.15 bits per heavy atom. The van der Waals surface area contributed by atoms with Crippen molar-refractivity contribution in [2.75, 3.05) is 59.5 Å². The van der Waals surface area contributed by atoms with Crippen LogP contribution in [-0.2, 0) is 4.74 Å². The van der Waals surface area contributed by atoms with Gasteiger partial charge in [-0.1, -0.05) is 6.92 Å². The number of nitrogens with zero attached hydrogens (tertiary/aromatic N) is 3. The molecule has 0 bridgehead atoms. The quantitative estimate of drug-likeness (QED) is 0.386. The van der Waals surface area contributed by atoms with Gasteiger partial charge in [-0.3, -0.25) is 4.99 Å². The monoisotopic (exact) mass is 366 g/mol. The Morgan fingerprint density at radius 2 is 1.88 bits per heavy atom. The van der Waals surface area contributed by atoms with Gasteiger partial charge in [0.2, 0.25) is 0 Å². The van der Waals surface area contributed by atoms with Crippen LogP contribution in [0.4, 0.5) is 0 Å². The van der Waals surface area contributed by atoms with Crippen LogP contribution in [0.15, 0.2) is 4.99 Å². The molecule has 0 unspecified atom stereocenters. The summed E-state index contributed by atoms with van der Waals surface area (Å²) in [6.07, 6.45) is 8.89. The van der Waals surface area contributed by atoms with Gasteiger partial charge in [0.1, 0.15) is 0 Å². The lowest BCUT2D eigenvalue weighted by atomic mass is 9.96. The van der Waals surface area contributed by atoms with Crippen molar-refractivity contribution < 1.29 is 4.74 Å². The Labute approximate surface area is 161 Å². The molecular weight excluding hydrogens is 324 g/mol. The Morgan fingerprint density at radius 3 is 2.58 bits per heavy atom. The molecule has 0 atom stereocenters. The van der Waals surface area contributed by atoms with E-state index in [1.807, 2.05) is 0 Å². The molecule has 0 spiro atoms. The Bertz CT molecular complexity index is 387. The summed E-state index contributed by atoms with van der Waals surface area (Å²) in [5, 5.41) is 3.46. The normalized spacial score (nSPS) is 21.1. The fourth-order valence-corrected chi connectivity index (χ4v) is 3.90. The number of nitrogens with one attached hydrogen (secondary N) is 1. The summed E-state index contributed by atoms with van der Waals surface area (Å²) in [5.41, 5.74) is 0. The second-order valence-electron chi connectivity index (χ2n) is 8.23. The van der Waals surface area contributed by atoms with Crippen LogP contribution >= 0.6 is 0 Å². The molecule has 2 heterocycles. The van der Waals surface area contributed by atoms with Crippen LogP contribution in [0.5, 0.6) is 0 Å². The van der Waals surface area contributed by atoms with Crippen LogP contribution in [0.2, 0.25) is 0 Å². The van der Waals surface area contributed by atoms with Crippen LogP contribution < -0.4 is 5.32 Å². The molecule has 2 rings (SSSR count). The summed E-state index contributed by atoms with van der Waals surface area (Å²) in [6.45, 7) is 13.2. The standard InChI is InChI=1S/C21H42N4O/c1-4-22-21(24(3)14-9-20-10-17-26-18-11-20)23-12-5-6-13-25-15-7-19(2)8-16-25/h19-20H,4-18H2,1-3H3,(H,22,23). The number of aliphatic imine (C=N–C) groups is 1. The predicted octanol–water partition coefficient (Wildman–Crippen LogP) is 3.21. The number of piperidine rings is 1. The average Bonchev–Trinajstić information content (AvgIpc) is 2.67. The molecule has 2 fully saturated rings. The molecular formula is C21H42N4O. The lowest BCUT2D eigenvalue weighted by Gasteiger charge is -2.30. The molecule has 0 radical (unpaired) electrons. The zero-order valence-electron chi connectivity index (χ0n) is 17.5. The maximum Gasteiger partial charge on any atom is 0.193 e. The molecule has 0 saturated carbocycles. The maximum absolute atomic E-state index is 5.46. The fraction of sp³-hybridized carbons (Fsp3) is 0.952. The number of hydrogen-bond acceptors (Lipinski definition) is 3. The van der Waals surface area contributed by atoms with Crippen LogP contribution in [0.1, 0.15) is 58.8 Å². The number of rotatable bonds is 9.